The zero-order valence-corrected chi connectivity index (χ0v) is 13.6. The van der Waals surface area contributed by atoms with Crippen LogP contribution in [0.15, 0.2) is 18.2 Å². The Morgan fingerprint density at radius 1 is 1.45 bits per heavy atom. The molecule has 2 atom stereocenters. The van der Waals surface area contributed by atoms with Crippen LogP contribution in [-0.2, 0) is 4.79 Å². The third-order valence-corrected chi connectivity index (χ3v) is 3.75. The Balaban J connectivity index is 0.00000242. The maximum atomic E-state index is 13.3. The molecule has 124 valence electrons. The summed E-state index contributed by atoms with van der Waals surface area (Å²) in [6.45, 7) is 2.46. The fourth-order valence-electron chi connectivity index (χ4n) is 2.63. The van der Waals surface area contributed by atoms with E-state index in [1.54, 1.807) is 6.07 Å². The summed E-state index contributed by atoms with van der Waals surface area (Å²) in [5.74, 6) is -0.125. The summed E-state index contributed by atoms with van der Waals surface area (Å²) in [5.41, 5.74) is 6.44. The fourth-order valence-corrected chi connectivity index (χ4v) is 2.63. The Bertz CT molecular complexity index is 499. The van der Waals surface area contributed by atoms with Crippen molar-refractivity contribution in [1.82, 2.24) is 0 Å². The third kappa shape index (κ3) is 5.14. The molecule has 1 aliphatic carbocycles. The van der Waals surface area contributed by atoms with Gasteiger partial charge in [-0.15, -0.1) is 12.4 Å². The number of rotatable bonds is 5. The summed E-state index contributed by atoms with van der Waals surface area (Å²) in [7, 11) is 0. The van der Waals surface area contributed by atoms with Gasteiger partial charge in [0.25, 0.3) is 0 Å². The molecule has 22 heavy (non-hydrogen) atoms. The first-order chi connectivity index (χ1) is 10.1. The highest BCUT2D eigenvalue weighted by molar-refractivity contribution is 5.94. The predicted octanol–water partition coefficient (Wildman–Crippen LogP) is 3.49. The van der Waals surface area contributed by atoms with Crippen molar-refractivity contribution in [1.29, 1.82) is 0 Å². The van der Waals surface area contributed by atoms with Gasteiger partial charge in [-0.3, -0.25) is 4.79 Å². The van der Waals surface area contributed by atoms with Crippen LogP contribution in [0, 0.1) is 11.7 Å². The van der Waals surface area contributed by atoms with Gasteiger partial charge >= 0.3 is 0 Å². The molecule has 1 fully saturated rings. The lowest BCUT2D eigenvalue weighted by molar-refractivity contribution is -0.120. The minimum atomic E-state index is -0.376. The maximum absolute atomic E-state index is 13.3. The number of benzene rings is 1. The summed E-state index contributed by atoms with van der Waals surface area (Å²) in [5, 5.41) is 2.85. The second-order valence-electron chi connectivity index (χ2n) is 5.60. The van der Waals surface area contributed by atoms with E-state index in [1.165, 1.54) is 12.1 Å². The Hall–Kier alpha value is -1.33. The van der Waals surface area contributed by atoms with E-state index in [4.69, 9.17) is 10.5 Å². The number of carbonyl (C=O) groups is 1. The number of hydrogen-bond donors (Lipinski definition) is 2. The van der Waals surface area contributed by atoms with Crippen LogP contribution in [-0.4, -0.2) is 18.6 Å². The Morgan fingerprint density at radius 2 is 2.23 bits per heavy atom. The number of hydrogen-bond acceptors (Lipinski definition) is 3. The van der Waals surface area contributed by atoms with E-state index in [0.717, 1.165) is 25.7 Å². The quantitative estimate of drug-likeness (QED) is 0.868. The Kier molecular flexibility index (Phi) is 7.62. The van der Waals surface area contributed by atoms with Crippen molar-refractivity contribution < 1.29 is 13.9 Å². The van der Waals surface area contributed by atoms with Crippen LogP contribution < -0.4 is 15.8 Å². The lowest BCUT2D eigenvalue weighted by Crippen LogP contribution is -2.34. The molecule has 0 spiro atoms. The molecule has 1 aromatic carbocycles. The lowest BCUT2D eigenvalue weighted by atomic mass is 9.85. The van der Waals surface area contributed by atoms with Gasteiger partial charge in [0.15, 0.2) is 0 Å². The summed E-state index contributed by atoms with van der Waals surface area (Å²) in [6.07, 6.45) is 4.33. The topological polar surface area (TPSA) is 64.3 Å². The highest BCUT2D eigenvalue weighted by Gasteiger charge is 2.25. The van der Waals surface area contributed by atoms with Crippen molar-refractivity contribution in [2.75, 3.05) is 11.9 Å². The second-order valence-corrected chi connectivity index (χ2v) is 5.60. The van der Waals surface area contributed by atoms with Gasteiger partial charge in [-0.25, -0.2) is 4.39 Å². The van der Waals surface area contributed by atoms with Gasteiger partial charge in [-0.05, 0) is 37.8 Å². The first kappa shape index (κ1) is 18.7. The monoisotopic (exact) mass is 330 g/mol. The van der Waals surface area contributed by atoms with E-state index in [9.17, 15) is 9.18 Å². The molecule has 0 aliphatic heterocycles. The van der Waals surface area contributed by atoms with E-state index in [-0.39, 0.29) is 36.1 Å². The third-order valence-electron chi connectivity index (χ3n) is 3.75. The summed E-state index contributed by atoms with van der Waals surface area (Å²) >= 11 is 0. The zero-order valence-electron chi connectivity index (χ0n) is 12.8. The van der Waals surface area contributed by atoms with Crippen LogP contribution in [0.2, 0.25) is 0 Å². The van der Waals surface area contributed by atoms with Crippen LogP contribution in [0.4, 0.5) is 10.1 Å². The molecule has 0 radical (unpaired) electrons. The second kappa shape index (κ2) is 8.96. The van der Waals surface area contributed by atoms with E-state index in [0.29, 0.717) is 24.5 Å². The van der Waals surface area contributed by atoms with Gasteiger partial charge in [-0.2, -0.15) is 0 Å². The molecule has 1 aromatic rings. The molecule has 0 saturated heterocycles. The molecule has 1 amide bonds. The molecule has 0 aromatic heterocycles. The van der Waals surface area contributed by atoms with Crippen LogP contribution in [0.5, 0.6) is 5.75 Å². The van der Waals surface area contributed by atoms with Crippen LogP contribution in [0.1, 0.15) is 39.0 Å². The number of nitrogens with one attached hydrogen (secondary N) is 1. The normalized spacial score (nSPS) is 20.9. The molecule has 0 heterocycles. The molecule has 6 heteroatoms. The zero-order chi connectivity index (χ0) is 15.2. The number of amides is 1. The lowest BCUT2D eigenvalue weighted by Gasteiger charge is -2.26. The highest BCUT2D eigenvalue weighted by atomic mass is 35.5. The molecule has 2 unspecified atom stereocenters. The van der Waals surface area contributed by atoms with Crippen molar-refractivity contribution in [3.8, 4) is 5.75 Å². The van der Waals surface area contributed by atoms with Crippen LogP contribution in [0.3, 0.4) is 0 Å². The fraction of sp³-hybridized carbons (Fsp3) is 0.562. The molecule has 1 saturated carbocycles. The molecular formula is C16H24ClFN2O2. The van der Waals surface area contributed by atoms with Gasteiger partial charge in [0.05, 0.1) is 12.3 Å². The van der Waals surface area contributed by atoms with Gasteiger partial charge < -0.3 is 15.8 Å². The molecule has 4 nitrogen and oxygen atoms in total. The molecule has 2 rings (SSSR count). The van der Waals surface area contributed by atoms with Crippen molar-refractivity contribution in [2.45, 2.75) is 45.1 Å². The Labute approximate surface area is 137 Å². The van der Waals surface area contributed by atoms with E-state index in [2.05, 4.69) is 5.32 Å². The largest absolute Gasteiger partial charge is 0.491 e. The molecule has 1 aliphatic rings. The van der Waals surface area contributed by atoms with Gasteiger partial charge in [0.1, 0.15) is 11.6 Å². The number of carbonyl (C=O) groups excluding carboxylic acids is 1. The van der Waals surface area contributed by atoms with Crippen molar-refractivity contribution in [2.24, 2.45) is 11.7 Å². The predicted molar refractivity (Wildman–Crippen MR) is 88.0 cm³/mol. The Morgan fingerprint density at radius 3 is 2.91 bits per heavy atom. The van der Waals surface area contributed by atoms with Gasteiger partial charge in [0, 0.05) is 18.0 Å². The first-order valence-electron chi connectivity index (χ1n) is 7.59. The van der Waals surface area contributed by atoms with Crippen LogP contribution in [0.25, 0.3) is 0 Å². The molecule has 3 N–H and O–H groups in total. The van der Waals surface area contributed by atoms with E-state index >= 15 is 0 Å². The maximum Gasteiger partial charge on any atom is 0.227 e. The van der Waals surface area contributed by atoms with Gasteiger partial charge in [-0.1, -0.05) is 13.3 Å². The van der Waals surface area contributed by atoms with E-state index < -0.39 is 0 Å². The minimum absolute atomic E-state index is 0. The van der Waals surface area contributed by atoms with Crippen molar-refractivity contribution in [3.63, 3.8) is 0 Å². The average Bonchev–Trinajstić information content (AvgIpc) is 2.47. The smallest absolute Gasteiger partial charge is 0.227 e. The van der Waals surface area contributed by atoms with E-state index in [1.807, 2.05) is 6.92 Å². The standard InChI is InChI=1S/C16H23FN2O2.ClH/c1-2-8-21-15-10-12(17)6-7-14(15)19-16(20)11-4-3-5-13(18)9-11;/h6-7,10-11,13H,2-5,8-9,18H2,1H3,(H,19,20);1H. The van der Waals surface area contributed by atoms with Gasteiger partial charge in [0.2, 0.25) is 5.91 Å². The minimum Gasteiger partial charge on any atom is -0.491 e. The molecule has 0 bridgehead atoms. The summed E-state index contributed by atoms with van der Waals surface area (Å²) in [4.78, 5) is 12.3. The number of halogens is 2. The van der Waals surface area contributed by atoms with Crippen LogP contribution >= 0.6 is 12.4 Å². The van der Waals surface area contributed by atoms with Crippen molar-refractivity contribution in [3.05, 3.63) is 24.0 Å². The average molecular weight is 331 g/mol. The summed E-state index contributed by atoms with van der Waals surface area (Å²) < 4.78 is 18.8. The molecular weight excluding hydrogens is 307 g/mol. The highest BCUT2D eigenvalue weighted by Crippen LogP contribution is 2.29. The number of ether oxygens (including phenoxy) is 1. The SMILES string of the molecule is CCCOc1cc(F)ccc1NC(=O)C1CCCC(N)C1.Cl. The first-order valence-corrected chi connectivity index (χ1v) is 7.59. The van der Waals surface area contributed by atoms with Crippen molar-refractivity contribution >= 4 is 24.0 Å². The number of nitrogens with two attached hydrogens (primary N) is 1. The summed E-state index contributed by atoms with van der Waals surface area (Å²) in [6, 6.07) is 4.26. The number of anilines is 1.